The van der Waals surface area contributed by atoms with Crippen LogP contribution in [0, 0.1) is 6.92 Å². The van der Waals surface area contributed by atoms with Crippen LogP contribution in [-0.4, -0.2) is 32.1 Å². The number of piperidine rings is 1. The number of amides is 1. The number of fused-ring (bicyclic) bond motifs is 1. The summed E-state index contributed by atoms with van der Waals surface area (Å²) < 4.78 is 41.3. The first kappa shape index (κ1) is 25.2. The molecule has 1 aliphatic rings. The quantitative estimate of drug-likeness (QED) is 0.275. The van der Waals surface area contributed by atoms with Gasteiger partial charge in [0.15, 0.2) is 5.69 Å². The Labute approximate surface area is 217 Å². The van der Waals surface area contributed by atoms with E-state index in [0.29, 0.717) is 25.1 Å². The van der Waals surface area contributed by atoms with Gasteiger partial charge in [0.05, 0.1) is 10.7 Å². The Morgan fingerprint density at radius 3 is 2.65 bits per heavy atom. The normalized spacial score (nSPS) is 18.7. The Morgan fingerprint density at radius 2 is 1.92 bits per heavy atom. The molecule has 0 saturated carbocycles. The van der Waals surface area contributed by atoms with Gasteiger partial charge in [-0.2, -0.15) is 18.3 Å². The van der Waals surface area contributed by atoms with Gasteiger partial charge in [-0.1, -0.05) is 49.4 Å². The van der Waals surface area contributed by atoms with Crippen LogP contribution in [0.15, 0.2) is 53.9 Å². The second-order valence-corrected chi connectivity index (χ2v) is 10.2. The molecule has 9 heteroatoms. The summed E-state index contributed by atoms with van der Waals surface area (Å²) in [6.45, 7) is 3.81. The largest absolute Gasteiger partial charge is 0.435 e. The van der Waals surface area contributed by atoms with E-state index in [0.717, 1.165) is 22.3 Å². The van der Waals surface area contributed by atoms with Crippen molar-refractivity contribution in [3.63, 3.8) is 0 Å². The highest BCUT2D eigenvalue weighted by Gasteiger charge is 2.39. The number of aryl methyl sites for hydroxylation is 1. The molecule has 1 amide bonds. The fourth-order valence-electron chi connectivity index (χ4n) is 4.88. The lowest BCUT2D eigenvalue weighted by molar-refractivity contribution is -0.142. The molecule has 0 N–H and O–H groups in total. The maximum atomic E-state index is 13.3. The van der Waals surface area contributed by atoms with Gasteiger partial charge in [-0.15, -0.1) is 11.3 Å². The summed E-state index contributed by atoms with van der Waals surface area (Å²) in [7, 11) is 0. The molecule has 2 atom stereocenters. The van der Waals surface area contributed by atoms with Crippen LogP contribution >= 0.6 is 11.3 Å². The van der Waals surface area contributed by atoms with E-state index >= 15 is 0 Å². The summed E-state index contributed by atoms with van der Waals surface area (Å²) in [5.41, 5.74) is 1.36. The monoisotopic (exact) mass is 524 g/mol. The summed E-state index contributed by atoms with van der Waals surface area (Å²) in [6.07, 6.45) is 0.346. The number of hydrogen-bond acceptors (Lipinski definition) is 4. The van der Waals surface area contributed by atoms with Gasteiger partial charge in [0.25, 0.3) is 0 Å². The number of halogens is 3. The molecular formula is C28H27F3N4OS. The molecule has 1 saturated heterocycles. The number of carbonyl (C=O) groups excluding carboxylic acids is 1. The molecule has 3 heterocycles. The summed E-state index contributed by atoms with van der Waals surface area (Å²) in [6, 6.07) is 15.5. The molecule has 5 rings (SSSR count). The van der Waals surface area contributed by atoms with Crippen molar-refractivity contribution < 1.29 is 18.0 Å². The minimum Gasteiger partial charge on any atom is -0.320 e. The highest BCUT2D eigenvalue weighted by Crippen LogP contribution is 2.39. The number of alkyl halides is 3. The SMILES string of the molecule is CCC(=O)N1CCC(c2nc(/C=C\c3ccc4ccccc4c3)cs2)CC1n1nc(C(F)(F)F)cc1C. The molecule has 0 spiro atoms. The number of rotatable bonds is 5. The van der Waals surface area contributed by atoms with Crippen molar-refractivity contribution in [2.45, 2.75) is 51.4 Å². The van der Waals surface area contributed by atoms with Gasteiger partial charge < -0.3 is 4.90 Å². The number of thiazole rings is 1. The number of hydrogen-bond donors (Lipinski definition) is 0. The Kier molecular flexibility index (Phi) is 6.90. The van der Waals surface area contributed by atoms with Gasteiger partial charge in [-0.05, 0) is 54.3 Å². The van der Waals surface area contributed by atoms with E-state index in [1.54, 1.807) is 30.1 Å². The van der Waals surface area contributed by atoms with Crippen molar-refractivity contribution in [1.29, 1.82) is 0 Å². The van der Waals surface area contributed by atoms with E-state index in [2.05, 4.69) is 35.4 Å². The van der Waals surface area contributed by atoms with Gasteiger partial charge in [0.2, 0.25) is 5.91 Å². The van der Waals surface area contributed by atoms with Crippen molar-refractivity contribution in [2.75, 3.05) is 6.54 Å². The molecule has 37 heavy (non-hydrogen) atoms. The minimum absolute atomic E-state index is 0.0247. The van der Waals surface area contributed by atoms with E-state index in [9.17, 15) is 18.0 Å². The Morgan fingerprint density at radius 1 is 1.14 bits per heavy atom. The van der Waals surface area contributed by atoms with Gasteiger partial charge >= 0.3 is 6.18 Å². The predicted octanol–water partition coefficient (Wildman–Crippen LogP) is 7.31. The van der Waals surface area contributed by atoms with E-state index in [-0.39, 0.29) is 18.2 Å². The second kappa shape index (κ2) is 10.1. The molecule has 2 unspecified atom stereocenters. The number of carbonyl (C=O) groups is 1. The average Bonchev–Trinajstić information content (AvgIpc) is 3.53. The van der Waals surface area contributed by atoms with E-state index in [1.165, 1.54) is 15.5 Å². The second-order valence-electron chi connectivity index (χ2n) is 9.31. The summed E-state index contributed by atoms with van der Waals surface area (Å²) in [4.78, 5) is 19.1. The van der Waals surface area contributed by atoms with E-state index in [1.807, 2.05) is 29.7 Å². The van der Waals surface area contributed by atoms with Crippen LogP contribution in [0.25, 0.3) is 22.9 Å². The molecule has 192 valence electrons. The van der Waals surface area contributed by atoms with Gasteiger partial charge in [0, 0.05) is 30.0 Å². The van der Waals surface area contributed by atoms with Crippen LogP contribution in [0.2, 0.25) is 0 Å². The van der Waals surface area contributed by atoms with Crippen LogP contribution in [0.4, 0.5) is 13.2 Å². The topological polar surface area (TPSA) is 51.0 Å². The highest BCUT2D eigenvalue weighted by molar-refractivity contribution is 7.09. The van der Waals surface area contributed by atoms with Crippen molar-refractivity contribution in [3.8, 4) is 0 Å². The number of benzene rings is 2. The molecule has 0 radical (unpaired) electrons. The number of aromatic nitrogens is 3. The lowest BCUT2D eigenvalue weighted by atomic mass is 9.94. The molecule has 2 aromatic heterocycles. The smallest absolute Gasteiger partial charge is 0.320 e. The first-order chi connectivity index (χ1) is 17.7. The standard InChI is InChI=1S/C28H27F3N4OS/c1-3-26(36)34-13-12-22(16-25(34)35-18(2)14-24(33-35)28(29,30)31)27-32-23(17-37-27)11-9-19-8-10-20-6-4-5-7-21(20)15-19/h4-11,14-15,17,22,25H,3,12-13,16H2,1-2H3/b11-9-. The summed E-state index contributed by atoms with van der Waals surface area (Å²) in [5.74, 6) is -0.0679. The Bertz CT molecular complexity index is 1460. The zero-order valence-corrected chi connectivity index (χ0v) is 21.4. The molecular weight excluding hydrogens is 497 g/mol. The lowest BCUT2D eigenvalue weighted by Crippen LogP contribution is -2.43. The van der Waals surface area contributed by atoms with Crippen molar-refractivity contribution in [3.05, 3.63) is 81.6 Å². The zero-order valence-electron chi connectivity index (χ0n) is 20.6. The molecule has 0 aliphatic carbocycles. The van der Waals surface area contributed by atoms with E-state index in [4.69, 9.17) is 4.98 Å². The minimum atomic E-state index is -4.54. The van der Waals surface area contributed by atoms with Crippen LogP contribution in [0.3, 0.4) is 0 Å². The summed E-state index contributed by atoms with van der Waals surface area (Å²) >= 11 is 1.54. The maximum absolute atomic E-state index is 13.3. The third-order valence-electron chi connectivity index (χ3n) is 6.80. The number of nitrogens with zero attached hydrogens (tertiary/aromatic N) is 4. The fraction of sp³-hybridized carbons (Fsp3) is 0.321. The zero-order chi connectivity index (χ0) is 26.2. The van der Waals surface area contributed by atoms with Crippen LogP contribution in [0.1, 0.15) is 65.9 Å². The van der Waals surface area contributed by atoms with Gasteiger partial charge in [-0.25, -0.2) is 9.67 Å². The molecule has 1 aliphatic heterocycles. The van der Waals surface area contributed by atoms with Gasteiger partial charge in [0.1, 0.15) is 6.17 Å². The first-order valence-electron chi connectivity index (χ1n) is 12.3. The van der Waals surface area contributed by atoms with Crippen LogP contribution in [0.5, 0.6) is 0 Å². The molecule has 5 nitrogen and oxygen atoms in total. The third kappa shape index (κ3) is 5.32. The average molecular weight is 525 g/mol. The van der Waals surface area contributed by atoms with Crippen LogP contribution in [-0.2, 0) is 11.0 Å². The first-order valence-corrected chi connectivity index (χ1v) is 13.2. The van der Waals surface area contributed by atoms with E-state index < -0.39 is 18.0 Å². The highest BCUT2D eigenvalue weighted by atomic mass is 32.1. The fourth-order valence-corrected chi connectivity index (χ4v) is 5.82. The molecule has 2 aromatic carbocycles. The van der Waals surface area contributed by atoms with Crippen molar-refractivity contribution in [2.24, 2.45) is 0 Å². The molecule has 0 bridgehead atoms. The molecule has 1 fully saturated rings. The maximum Gasteiger partial charge on any atom is 0.435 e. The summed E-state index contributed by atoms with van der Waals surface area (Å²) in [5, 5.41) is 9.14. The lowest BCUT2D eigenvalue weighted by Gasteiger charge is -2.39. The number of likely N-dealkylation sites (tertiary alicyclic amines) is 1. The van der Waals surface area contributed by atoms with Gasteiger partial charge in [-0.3, -0.25) is 4.79 Å². The van der Waals surface area contributed by atoms with Crippen molar-refractivity contribution in [1.82, 2.24) is 19.7 Å². The third-order valence-corrected chi connectivity index (χ3v) is 7.83. The van der Waals surface area contributed by atoms with Crippen LogP contribution < -0.4 is 0 Å². The Balaban J connectivity index is 1.37. The molecule has 4 aromatic rings. The predicted molar refractivity (Wildman–Crippen MR) is 140 cm³/mol. The van der Waals surface area contributed by atoms with Crippen molar-refractivity contribution >= 4 is 40.2 Å². The Hall–Kier alpha value is -3.46.